The molecule has 0 aliphatic heterocycles. The second kappa shape index (κ2) is 7.25. The third kappa shape index (κ3) is 3.73. The Hall–Kier alpha value is -3.03. The molecule has 1 fully saturated rings. The molecule has 0 spiro atoms. The molecule has 0 bridgehead atoms. The Balaban J connectivity index is 1.83. The van der Waals surface area contributed by atoms with Crippen LogP contribution in [0.2, 0.25) is 0 Å². The molecule has 3 rings (SSSR count). The molecule has 1 aromatic carbocycles. The van der Waals surface area contributed by atoms with E-state index >= 15 is 0 Å². The van der Waals surface area contributed by atoms with Gasteiger partial charge in [0.15, 0.2) is 5.82 Å². The SMILES string of the molecule is N/C=C1\C(=Nc2ccc(F)cc2F)CCCC1NC(=O)c1ccn[nH]1. The highest BCUT2D eigenvalue weighted by molar-refractivity contribution is 6.04. The monoisotopic (exact) mass is 345 g/mol. The summed E-state index contributed by atoms with van der Waals surface area (Å²) < 4.78 is 26.9. The van der Waals surface area contributed by atoms with Gasteiger partial charge in [-0.3, -0.25) is 9.89 Å². The first-order valence-corrected chi connectivity index (χ1v) is 7.83. The van der Waals surface area contributed by atoms with Gasteiger partial charge in [-0.05, 0) is 37.5 Å². The first kappa shape index (κ1) is 16.8. The number of benzene rings is 1. The highest BCUT2D eigenvalue weighted by Crippen LogP contribution is 2.26. The highest BCUT2D eigenvalue weighted by Gasteiger charge is 2.26. The maximum atomic E-state index is 13.9. The fourth-order valence-electron chi connectivity index (χ4n) is 2.79. The van der Waals surface area contributed by atoms with Crippen LogP contribution in [0, 0.1) is 11.6 Å². The van der Waals surface area contributed by atoms with E-state index in [1.165, 1.54) is 18.5 Å². The van der Waals surface area contributed by atoms with E-state index in [-0.39, 0.29) is 17.6 Å². The number of amides is 1. The quantitative estimate of drug-likeness (QED) is 0.798. The predicted octanol–water partition coefficient (Wildman–Crippen LogP) is 2.59. The number of hydrogen-bond acceptors (Lipinski definition) is 4. The van der Waals surface area contributed by atoms with Gasteiger partial charge in [0.05, 0.1) is 11.7 Å². The molecule has 130 valence electrons. The highest BCUT2D eigenvalue weighted by atomic mass is 19.1. The maximum absolute atomic E-state index is 13.9. The Morgan fingerprint density at radius 2 is 2.24 bits per heavy atom. The first-order chi connectivity index (χ1) is 12.1. The summed E-state index contributed by atoms with van der Waals surface area (Å²) in [6.07, 6.45) is 4.90. The lowest BCUT2D eigenvalue weighted by atomic mass is 9.88. The first-order valence-electron chi connectivity index (χ1n) is 7.83. The number of nitrogens with one attached hydrogen (secondary N) is 2. The van der Waals surface area contributed by atoms with Crippen LogP contribution in [0.1, 0.15) is 29.8 Å². The van der Waals surface area contributed by atoms with Gasteiger partial charge in [0.1, 0.15) is 11.5 Å². The van der Waals surface area contributed by atoms with Crippen LogP contribution in [0.5, 0.6) is 0 Å². The lowest BCUT2D eigenvalue weighted by Gasteiger charge is -2.27. The van der Waals surface area contributed by atoms with E-state index in [0.717, 1.165) is 18.6 Å². The van der Waals surface area contributed by atoms with E-state index in [4.69, 9.17) is 5.73 Å². The van der Waals surface area contributed by atoms with Crippen LogP contribution in [0.25, 0.3) is 0 Å². The van der Waals surface area contributed by atoms with Crippen molar-refractivity contribution >= 4 is 17.3 Å². The number of rotatable bonds is 3. The molecule has 1 aliphatic rings. The van der Waals surface area contributed by atoms with Gasteiger partial charge in [0, 0.05) is 29.7 Å². The van der Waals surface area contributed by atoms with E-state index in [1.807, 2.05) is 0 Å². The van der Waals surface area contributed by atoms with Crippen molar-refractivity contribution < 1.29 is 13.6 Å². The van der Waals surface area contributed by atoms with Gasteiger partial charge in [-0.25, -0.2) is 13.8 Å². The minimum atomic E-state index is -0.743. The summed E-state index contributed by atoms with van der Waals surface area (Å²) in [7, 11) is 0. The molecule has 6 nitrogen and oxygen atoms in total. The molecule has 1 heterocycles. The summed E-state index contributed by atoms with van der Waals surface area (Å²) in [6.45, 7) is 0. The van der Waals surface area contributed by atoms with Gasteiger partial charge in [0.2, 0.25) is 0 Å². The van der Waals surface area contributed by atoms with Crippen LogP contribution in [-0.2, 0) is 0 Å². The third-order valence-corrected chi connectivity index (χ3v) is 4.01. The number of nitrogens with two attached hydrogens (primary N) is 1. The summed E-state index contributed by atoms with van der Waals surface area (Å²) >= 11 is 0. The zero-order valence-electron chi connectivity index (χ0n) is 13.3. The number of H-pyrrole nitrogens is 1. The van der Waals surface area contributed by atoms with Crippen LogP contribution in [-0.4, -0.2) is 27.9 Å². The van der Waals surface area contributed by atoms with E-state index in [9.17, 15) is 13.6 Å². The summed E-state index contributed by atoms with van der Waals surface area (Å²) in [5, 5.41) is 9.21. The number of aliphatic imine (C=N–C) groups is 1. The van der Waals surface area contributed by atoms with Gasteiger partial charge < -0.3 is 11.1 Å². The largest absolute Gasteiger partial charge is 0.404 e. The minimum Gasteiger partial charge on any atom is -0.404 e. The van der Waals surface area contributed by atoms with Crippen molar-refractivity contribution in [2.45, 2.75) is 25.3 Å². The van der Waals surface area contributed by atoms with E-state index < -0.39 is 11.6 Å². The molecule has 1 amide bonds. The molecule has 1 aliphatic carbocycles. The molecular formula is C17H17F2N5O. The molecule has 1 unspecified atom stereocenters. The molecule has 1 aromatic heterocycles. The standard InChI is InChI=1S/C17H17F2N5O/c18-10-4-5-15(12(19)8-10)22-13-2-1-3-14(11(13)9-20)23-17(25)16-6-7-21-24-16/h4-9,14H,1-3,20H2,(H,21,24)(H,23,25)/b11-9+,22-13?. The van der Waals surface area contributed by atoms with Crippen molar-refractivity contribution in [2.75, 3.05) is 0 Å². The molecule has 8 heteroatoms. The summed E-state index contributed by atoms with van der Waals surface area (Å²) in [4.78, 5) is 16.5. The van der Waals surface area contributed by atoms with E-state index in [2.05, 4.69) is 20.5 Å². The number of carbonyl (C=O) groups excluding carboxylic acids is 1. The molecule has 25 heavy (non-hydrogen) atoms. The smallest absolute Gasteiger partial charge is 0.269 e. The van der Waals surface area contributed by atoms with Crippen LogP contribution in [0.15, 0.2) is 47.2 Å². The maximum Gasteiger partial charge on any atom is 0.269 e. The third-order valence-electron chi connectivity index (χ3n) is 4.01. The van der Waals surface area contributed by atoms with Gasteiger partial charge in [0.25, 0.3) is 5.91 Å². The van der Waals surface area contributed by atoms with Crippen molar-refractivity contribution in [3.8, 4) is 0 Å². The second-order valence-electron chi connectivity index (χ2n) is 5.66. The van der Waals surface area contributed by atoms with Crippen molar-refractivity contribution in [2.24, 2.45) is 10.7 Å². The van der Waals surface area contributed by atoms with E-state index in [0.29, 0.717) is 29.8 Å². The van der Waals surface area contributed by atoms with Crippen molar-refractivity contribution in [1.82, 2.24) is 15.5 Å². The average Bonchev–Trinajstić information content (AvgIpc) is 3.12. The fraction of sp³-hybridized carbons (Fsp3) is 0.235. The number of halogens is 2. The lowest BCUT2D eigenvalue weighted by Crippen LogP contribution is -2.41. The van der Waals surface area contributed by atoms with Crippen LogP contribution in [0.4, 0.5) is 14.5 Å². The topological polar surface area (TPSA) is 96.2 Å². The van der Waals surface area contributed by atoms with Gasteiger partial charge in [-0.15, -0.1) is 0 Å². The second-order valence-corrected chi connectivity index (χ2v) is 5.66. The molecule has 1 saturated carbocycles. The molecule has 1 atom stereocenters. The molecule has 4 N–H and O–H groups in total. The zero-order chi connectivity index (χ0) is 17.8. The molecule has 0 saturated heterocycles. The van der Waals surface area contributed by atoms with Crippen LogP contribution in [0.3, 0.4) is 0 Å². The van der Waals surface area contributed by atoms with Gasteiger partial charge >= 0.3 is 0 Å². The predicted molar refractivity (Wildman–Crippen MR) is 89.4 cm³/mol. The van der Waals surface area contributed by atoms with E-state index in [1.54, 1.807) is 6.07 Å². The molecular weight excluding hydrogens is 328 g/mol. The van der Waals surface area contributed by atoms with Crippen LogP contribution >= 0.6 is 0 Å². The van der Waals surface area contributed by atoms with Crippen LogP contribution < -0.4 is 11.1 Å². The van der Waals surface area contributed by atoms with Crippen molar-refractivity contribution in [3.63, 3.8) is 0 Å². The normalized spacial score (nSPS) is 20.8. The van der Waals surface area contributed by atoms with Crippen molar-refractivity contribution in [3.05, 3.63) is 59.6 Å². The minimum absolute atomic E-state index is 0.0382. The van der Waals surface area contributed by atoms with Gasteiger partial charge in [-0.2, -0.15) is 5.10 Å². The number of aromatic amines is 1. The Kier molecular flexibility index (Phi) is 4.87. The molecule has 0 radical (unpaired) electrons. The number of aromatic nitrogens is 2. The Morgan fingerprint density at radius 1 is 1.40 bits per heavy atom. The summed E-state index contributed by atoms with van der Waals surface area (Å²) in [5.41, 5.74) is 7.31. The summed E-state index contributed by atoms with van der Waals surface area (Å²) in [6, 6.07) is 4.43. The zero-order valence-corrected chi connectivity index (χ0v) is 13.3. The number of hydrogen-bond donors (Lipinski definition) is 3. The Labute approximate surface area is 142 Å². The number of carbonyl (C=O) groups is 1. The van der Waals surface area contributed by atoms with Gasteiger partial charge in [-0.1, -0.05) is 0 Å². The van der Waals surface area contributed by atoms with Crippen molar-refractivity contribution in [1.29, 1.82) is 0 Å². The average molecular weight is 345 g/mol. The Bertz CT molecular complexity index is 830. The number of nitrogens with zero attached hydrogens (tertiary/aromatic N) is 2. The molecule has 2 aromatic rings. The Morgan fingerprint density at radius 3 is 2.92 bits per heavy atom. The summed E-state index contributed by atoms with van der Waals surface area (Å²) in [5.74, 6) is -1.71. The fourth-order valence-corrected chi connectivity index (χ4v) is 2.79. The lowest BCUT2D eigenvalue weighted by molar-refractivity contribution is 0.0936.